The number of amidine groups is 1. The lowest BCUT2D eigenvalue weighted by Crippen LogP contribution is -2.46. The quantitative estimate of drug-likeness (QED) is 0.315. The van der Waals surface area contributed by atoms with E-state index in [4.69, 9.17) is 10.9 Å². The van der Waals surface area contributed by atoms with Gasteiger partial charge in [0.15, 0.2) is 0 Å². The summed E-state index contributed by atoms with van der Waals surface area (Å²) in [5.74, 6) is -3.26. The van der Waals surface area contributed by atoms with Gasteiger partial charge in [0.1, 0.15) is 5.84 Å². The molecule has 0 aromatic rings. The Morgan fingerprint density at radius 1 is 1.43 bits per heavy atom. The molecule has 4 N–H and O–H groups in total. The Bertz CT molecular complexity index is 385. The van der Waals surface area contributed by atoms with E-state index in [1.54, 1.807) is 6.92 Å². The van der Waals surface area contributed by atoms with Gasteiger partial charge in [-0.05, 0) is 19.3 Å². The van der Waals surface area contributed by atoms with E-state index in [1.807, 2.05) is 0 Å². The van der Waals surface area contributed by atoms with Crippen LogP contribution in [0.3, 0.4) is 0 Å². The van der Waals surface area contributed by atoms with Crippen molar-refractivity contribution in [1.29, 1.82) is 0 Å². The molecule has 5 nitrogen and oxygen atoms in total. The van der Waals surface area contributed by atoms with Crippen molar-refractivity contribution in [2.75, 3.05) is 0 Å². The van der Waals surface area contributed by atoms with Gasteiger partial charge in [-0.25, -0.2) is 0 Å². The highest BCUT2D eigenvalue weighted by atomic mass is 19.4. The number of hydrogen-bond acceptors (Lipinski definition) is 3. The van der Waals surface area contributed by atoms with Crippen LogP contribution in [0.2, 0.25) is 0 Å². The van der Waals surface area contributed by atoms with Crippen molar-refractivity contribution < 1.29 is 23.2 Å². The van der Waals surface area contributed by atoms with Crippen LogP contribution in [0.25, 0.3) is 0 Å². The number of hydrogen-bond donors (Lipinski definition) is 3. The van der Waals surface area contributed by atoms with Crippen molar-refractivity contribution in [3.8, 4) is 0 Å². The zero-order chi connectivity index (χ0) is 16.0. The molecule has 1 aliphatic rings. The normalized spacial score (nSPS) is 25.4. The van der Waals surface area contributed by atoms with Crippen molar-refractivity contribution >= 4 is 11.7 Å². The van der Waals surface area contributed by atoms with E-state index >= 15 is 0 Å². The number of carbonyl (C=O) groups is 1. The van der Waals surface area contributed by atoms with Gasteiger partial charge in [-0.15, -0.1) is 0 Å². The minimum Gasteiger partial charge on any atom is -0.409 e. The average Bonchev–Trinajstić information content (AvgIpc) is 2.45. The minimum absolute atomic E-state index is 0.00137. The predicted molar refractivity (Wildman–Crippen MR) is 71.8 cm³/mol. The molecule has 1 amide bonds. The van der Waals surface area contributed by atoms with Gasteiger partial charge in [0.2, 0.25) is 5.91 Å². The Morgan fingerprint density at radius 2 is 2.05 bits per heavy atom. The van der Waals surface area contributed by atoms with Crippen molar-refractivity contribution in [2.24, 2.45) is 22.7 Å². The van der Waals surface area contributed by atoms with Crippen molar-refractivity contribution in [2.45, 2.75) is 57.7 Å². The third kappa shape index (κ3) is 5.09. The van der Waals surface area contributed by atoms with E-state index in [2.05, 4.69) is 10.5 Å². The van der Waals surface area contributed by atoms with Crippen LogP contribution in [-0.2, 0) is 4.79 Å². The lowest BCUT2D eigenvalue weighted by molar-refractivity contribution is -0.198. The summed E-state index contributed by atoms with van der Waals surface area (Å²) in [6, 6.07) is -0.427. The SMILES string of the molecule is CCC(CC(N)=NO)NC(=O)C1CCCCC1C(F)(F)F. The Kier molecular flexibility index (Phi) is 6.29. The Labute approximate surface area is 121 Å². The number of nitrogens with two attached hydrogens (primary N) is 1. The smallest absolute Gasteiger partial charge is 0.392 e. The maximum Gasteiger partial charge on any atom is 0.392 e. The molecule has 0 aromatic carbocycles. The summed E-state index contributed by atoms with van der Waals surface area (Å²) >= 11 is 0. The Morgan fingerprint density at radius 3 is 2.57 bits per heavy atom. The second kappa shape index (κ2) is 7.51. The van der Waals surface area contributed by atoms with Gasteiger partial charge >= 0.3 is 6.18 Å². The first-order valence-electron chi connectivity index (χ1n) is 7.13. The lowest BCUT2D eigenvalue weighted by atomic mass is 9.78. The maximum atomic E-state index is 13.0. The fraction of sp³-hybridized carbons (Fsp3) is 0.846. The summed E-state index contributed by atoms with van der Waals surface area (Å²) in [5.41, 5.74) is 5.37. The molecule has 0 spiro atoms. The van der Waals surface area contributed by atoms with E-state index < -0.39 is 30.0 Å². The van der Waals surface area contributed by atoms with Gasteiger partial charge in [-0.2, -0.15) is 13.2 Å². The zero-order valence-corrected chi connectivity index (χ0v) is 12.0. The van der Waals surface area contributed by atoms with Gasteiger partial charge in [-0.1, -0.05) is 24.9 Å². The predicted octanol–water partition coefficient (Wildman–Crippen LogP) is 2.39. The molecule has 0 bridgehead atoms. The zero-order valence-electron chi connectivity index (χ0n) is 12.0. The van der Waals surface area contributed by atoms with Crippen LogP contribution >= 0.6 is 0 Å². The highest BCUT2D eigenvalue weighted by molar-refractivity contribution is 5.83. The van der Waals surface area contributed by atoms with Gasteiger partial charge in [-0.3, -0.25) is 4.79 Å². The number of nitrogens with one attached hydrogen (secondary N) is 1. The van der Waals surface area contributed by atoms with Crippen LogP contribution in [-0.4, -0.2) is 29.2 Å². The summed E-state index contributed by atoms with van der Waals surface area (Å²) in [6.07, 6.45) is -2.38. The molecule has 3 unspecified atom stereocenters. The van der Waals surface area contributed by atoms with E-state index in [0.29, 0.717) is 19.3 Å². The molecule has 1 rings (SSSR count). The summed E-state index contributed by atoms with van der Waals surface area (Å²) < 4.78 is 39.0. The number of amides is 1. The van der Waals surface area contributed by atoms with Crippen LogP contribution in [0.1, 0.15) is 45.4 Å². The second-order valence-corrected chi connectivity index (χ2v) is 5.45. The highest BCUT2D eigenvalue weighted by Crippen LogP contribution is 2.41. The van der Waals surface area contributed by atoms with Crippen LogP contribution in [0, 0.1) is 11.8 Å². The van der Waals surface area contributed by atoms with Crippen LogP contribution < -0.4 is 11.1 Å². The molecule has 3 atom stereocenters. The third-order valence-corrected chi connectivity index (χ3v) is 3.95. The molecule has 0 aromatic heterocycles. The summed E-state index contributed by atoms with van der Waals surface area (Å²) in [4.78, 5) is 12.1. The number of rotatable bonds is 5. The fourth-order valence-electron chi connectivity index (χ4n) is 2.74. The molecule has 0 aliphatic heterocycles. The van der Waals surface area contributed by atoms with Gasteiger partial charge < -0.3 is 16.3 Å². The van der Waals surface area contributed by atoms with Crippen LogP contribution in [0.5, 0.6) is 0 Å². The molecule has 8 heteroatoms. The lowest BCUT2D eigenvalue weighted by Gasteiger charge is -2.33. The average molecular weight is 309 g/mol. The van der Waals surface area contributed by atoms with Crippen molar-refractivity contribution in [3.63, 3.8) is 0 Å². The molecule has 122 valence electrons. The Balaban J connectivity index is 2.71. The number of alkyl halides is 3. The minimum atomic E-state index is -4.35. The third-order valence-electron chi connectivity index (χ3n) is 3.95. The molecule has 0 radical (unpaired) electrons. The van der Waals surface area contributed by atoms with E-state index in [9.17, 15) is 18.0 Å². The van der Waals surface area contributed by atoms with Gasteiger partial charge in [0.05, 0.1) is 5.92 Å². The standard InChI is InChI=1S/C13H22F3N3O2/c1-2-8(7-11(17)19-21)18-12(20)9-5-3-4-6-10(9)13(14,15)16/h8-10,21H,2-7H2,1H3,(H2,17,19)(H,18,20). The molecule has 1 saturated carbocycles. The molecular formula is C13H22F3N3O2. The van der Waals surface area contributed by atoms with Crippen LogP contribution in [0.4, 0.5) is 13.2 Å². The van der Waals surface area contributed by atoms with Crippen molar-refractivity contribution in [3.05, 3.63) is 0 Å². The van der Waals surface area contributed by atoms with E-state index in [0.717, 1.165) is 0 Å². The molecule has 0 heterocycles. The van der Waals surface area contributed by atoms with Crippen LogP contribution in [0.15, 0.2) is 5.16 Å². The molecular weight excluding hydrogens is 287 g/mol. The van der Waals surface area contributed by atoms with Gasteiger partial charge in [0.25, 0.3) is 0 Å². The molecule has 21 heavy (non-hydrogen) atoms. The first-order chi connectivity index (χ1) is 9.79. The fourth-order valence-corrected chi connectivity index (χ4v) is 2.74. The number of halogens is 3. The van der Waals surface area contributed by atoms with Crippen molar-refractivity contribution in [1.82, 2.24) is 5.32 Å². The monoisotopic (exact) mass is 309 g/mol. The number of oxime groups is 1. The second-order valence-electron chi connectivity index (χ2n) is 5.45. The number of carbonyl (C=O) groups excluding carboxylic acids is 1. The van der Waals surface area contributed by atoms with Gasteiger partial charge in [0, 0.05) is 18.4 Å². The summed E-state index contributed by atoms with van der Waals surface area (Å²) in [6.45, 7) is 1.78. The Hall–Kier alpha value is -1.47. The van der Waals surface area contributed by atoms with E-state index in [-0.39, 0.29) is 25.1 Å². The first kappa shape index (κ1) is 17.6. The molecule has 1 fully saturated rings. The largest absolute Gasteiger partial charge is 0.409 e. The summed E-state index contributed by atoms with van der Waals surface area (Å²) in [5, 5.41) is 13.9. The first-order valence-corrected chi connectivity index (χ1v) is 7.13. The summed E-state index contributed by atoms with van der Waals surface area (Å²) in [7, 11) is 0. The topological polar surface area (TPSA) is 87.7 Å². The number of nitrogens with zero attached hydrogens (tertiary/aromatic N) is 1. The maximum absolute atomic E-state index is 13.0. The molecule has 0 saturated heterocycles. The molecule has 1 aliphatic carbocycles. The highest BCUT2D eigenvalue weighted by Gasteiger charge is 2.48. The van der Waals surface area contributed by atoms with E-state index in [1.165, 1.54) is 0 Å².